The number of hydrogen-bond donors (Lipinski definition) is 0. The van der Waals surface area contributed by atoms with Gasteiger partial charge in [-0.05, 0) is 32.9 Å². The van der Waals surface area contributed by atoms with Crippen molar-refractivity contribution in [3.63, 3.8) is 0 Å². The number of rotatable bonds is 3. The Bertz CT molecular complexity index is 590. The number of aromatic nitrogens is 2. The molecule has 0 unspecified atom stereocenters. The maximum Gasteiger partial charge on any atom is 0.331 e. The van der Waals surface area contributed by atoms with Crippen molar-refractivity contribution in [3.05, 3.63) is 29.5 Å². The summed E-state index contributed by atoms with van der Waals surface area (Å²) >= 11 is 5.89. The second-order valence-electron chi connectivity index (χ2n) is 4.53. The van der Waals surface area contributed by atoms with Gasteiger partial charge in [-0.3, -0.25) is 0 Å². The number of carbonyl (C=O) groups excluding carboxylic acids is 1. The van der Waals surface area contributed by atoms with Gasteiger partial charge in [0.25, 0.3) is 0 Å². The molecule has 0 radical (unpaired) electrons. The summed E-state index contributed by atoms with van der Waals surface area (Å²) in [5.74, 6) is -0.278. The number of nitrogens with zero attached hydrogens (tertiary/aromatic N) is 2. The zero-order valence-corrected chi connectivity index (χ0v) is 11.4. The fourth-order valence-electron chi connectivity index (χ4n) is 1.85. The van der Waals surface area contributed by atoms with Crippen molar-refractivity contribution in [1.29, 1.82) is 0 Å². The first-order chi connectivity index (χ1) is 8.46. The number of ether oxygens (including phenoxy) is 1. The first kappa shape index (κ1) is 12.9. The van der Waals surface area contributed by atoms with E-state index >= 15 is 0 Å². The van der Waals surface area contributed by atoms with E-state index in [4.69, 9.17) is 16.3 Å². The molecule has 0 bridgehead atoms. The van der Waals surface area contributed by atoms with Crippen LogP contribution in [-0.2, 0) is 15.1 Å². The Labute approximate surface area is 111 Å². The minimum atomic E-state index is -0.793. The van der Waals surface area contributed by atoms with E-state index in [9.17, 15) is 4.79 Å². The Morgan fingerprint density at radius 3 is 2.94 bits per heavy atom. The monoisotopic (exact) mass is 266 g/mol. The Balaban J connectivity index is 2.50. The van der Waals surface area contributed by atoms with Gasteiger partial charge in [-0.25, -0.2) is 9.78 Å². The Hall–Kier alpha value is -1.55. The highest BCUT2D eigenvalue weighted by molar-refractivity contribution is 6.31. The summed E-state index contributed by atoms with van der Waals surface area (Å²) in [5, 5.41) is 1.48. The standard InChI is InChI=1S/C13H15ClN2O2/c1-4-18-12(17)13(2,3)16-6-5-9-7-10(14)8-15-11(9)16/h5-8H,4H2,1-3H3. The molecule has 0 aliphatic heterocycles. The van der Waals surface area contributed by atoms with Crippen LogP contribution in [0.5, 0.6) is 0 Å². The van der Waals surface area contributed by atoms with Crippen LogP contribution in [-0.4, -0.2) is 22.1 Å². The molecule has 2 heterocycles. The van der Waals surface area contributed by atoms with Crippen LogP contribution in [0.2, 0.25) is 5.02 Å². The van der Waals surface area contributed by atoms with E-state index in [1.165, 1.54) is 0 Å². The van der Waals surface area contributed by atoms with Crippen molar-refractivity contribution in [2.24, 2.45) is 0 Å². The van der Waals surface area contributed by atoms with E-state index in [2.05, 4.69) is 4.98 Å². The molecule has 0 spiro atoms. The molecule has 0 atom stereocenters. The molecule has 0 saturated carbocycles. The highest BCUT2D eigenvalue weighted by Gasteiger charge is 2.32. The zero-order valence-electron chi connectivity index (χ0n) is 10.6. The predicted molar refractivity (Wildman–Crippen MR) is 70.7 cm³/mol. The summed E-state index contributed by atoms with van der Waals surface area (Å²) in [5.41, 5.74) is -0.0732. The summed E-state index contributed by atoms with van der Waals surface area (Å²) in [6, 6.07) is 3.71. The third-order valence-electron chi connectivity index (χ3n) is 2.87. The van der Waals surface area contributed by atoms with Gasteiger partial charge in [-0.15, -0.1) is 0 Å². The molecular weight excluding hydrogens is 252 g/mol. The van der Waals surface area contributed by atoms with Gasteiger partial charge in [0.15, 0.2) is 0 Å². The Morgan fingerprint density at radius 2 is 2.28 bits per heavy atom. The predicted octanol–water partition coefficient (Wildman–Crippen LogP) is 2.99. The lowest BCUT2D eigenvalue weighted by Crippen LogP contribution is -2.37. The lowest BCUT2D eigenvalue weighted by Gasteiger charge is -2.24. The maximum absolute atomic E-state index is 12.0. The molecule has 18 heavy (non-hydrogen) atoms. The minimum absolute atomic E-state index is 0.278. The second-order valence-corrected chi connectivity index (χ2v) is 4.97. The van der Waals surface area contributed by atoms with Crippen LogP contribution in [0.3, 0.4) is 0 Å². The van der Waals surface area contributed by atoms with Crippen molar-refractivity contribution in [2.45, 2.75) is 26.3 Å². The van der Waals surface area contributed by atoms with Gasteiger partial charge in [-0.2, -0.15) is 0 Å². The van der Waals surface area contributed by atoms with Gasteiger partial charge in [0, 0.05) is 17.8 Å². The van der Waals surface area contributed by atoms with Crippen LogP contribution in [0.4, 0.5) is 0 Å². The van der Waals surface area contributed by atoms with Gasteiger partial charge < -0.3 is 9.30 Å². The summed E-state index contributed by atoms with van der Waals surface area (Å²) in [7, 11) is 0. The van der Waals surface area contributed by atoms with E-state index in [1.807, 2.05) is 18.3 Å². The van der Waals surface area contributed by atoms with Crippen molar-refractivity contribution >= 4 is 28.6 Å². The number of pyridine rings is 1. The van der Waals surface area contributed by atoms with Crippen molar-refractivity contribution in [3.8, 4) is 0 Å². The normalized spacial score (nSPS) is 11.8. The molecule has 0 fully saturated rings. The van der Waals surface area contributed by atoms with Crippen LogP contribution in [0.25, 0.3) is 11.0 Å². The molecule has 5 heteroatoms. The number of hydrogen-bond acceptors (Lipinski definition) is 3. The van der Waals surface area contributed by atoms with E-state index in [0.717, 1.165) is 11.0 Å². The lowest BCUT2D eigenvalue weighted by atomic mass is 10.1. The third kappa shape index (κ3) is 2.08. The summed E-state index contributed by atoms with van der Waals surface area (Å²) in [4.78, 5) is 16.2. The smallest absolute Gasteiger partial charge is 0.331 e. The minimum Gasteiger partial charge on any atom is -0.464 e. The van der Waals surface area contributed by atoms with Crippen LogP contribution < -0.4 is 0 Å². The van der Waals surface area contributed by atoms with Crippen LogP contribution >= 0.6 is 11.6 Å². The summed E-state index contributed by atoms with van der Waals surface area (Å²) < 4.78 is 6.89. The molecule has 0 saturated heterocycles. The maximum atomic E-state index is 12.0. The lowest BCUT2D eigenvalue weighted by molar-refractivity contribution is -0.152. The first-order valence-corrected chi connectivity index (χ1v) is 6.15. The van der Waals surface area contributed by atoms with Crippen LogP contribution in [0.15, 0.2) is 24.5 Å². The first-order valence-electron chi connectivity index (χ1n) is 5.77. The number of esters is 1. The topological polar surface area (TPSA) is 44.1 Å². The SMILES string of the molecule is CCOC(=O)C(C)(C)n1ccc2cc(Cl)cnc21. The molecule has 0 aliphatic rings. The molecule has 96 valence electrons. The number of halogens is 1. The number of carbonyl (C=O) groups is 1. The van der Waals surface area contributed by atoms with Crippen LogP contribution in [0.1, 0.15) is 20.8 Å². The summed E-state index contributed by atoms with van der Waals surface area (Å²) in [6.07, 6.45) is 3.40. The van der Waals surface area contributed by atoms with E-state index in [1.54, 1.807) is 31.5 Å². The van der Waals surface area contributed by atoms with E-state index < -0.39 is 5.54 Å². The van der Waals surface area contributed by atoms with Gasteiger partial charge in [0.05, 0.1) is 11.6 Å². The van der Waals surface area contributed by atoms with Gasteiger partial charge >= 0.3 is 5.97 Å². The van der Waals surface area contributed by atoms with Crippen molar-refractivity contribution in [1.82, 2.24) is 9.55 Å². The molecule has 2 aromatic heterocycles. The van der Waals surface area contributed by atoms with E-state index in [0.29, 0.717) is 11.6 Å². The summed E-state index contributed by atoms with van der Waals surface area (Å²) in [6.45, 7) is 5.77. The van der Waals surface area contributed by atoms with Crippen molar-refractivity contribution < 1.29 is 9.53 Å². The second kappa shape index (κ2) is 4.61. The average Bonchev–Trinajstić information content (AvgIpc) is 2.72. The van der Waals surface area contributed by atoms with Crippen molar-refractivity contribution in [2.75, 3.05) is 6.61 Å². The average molecular weight is 267 g/mol. The van der Waals surface area contributed by atoms with Gasteiger partial charge in [-0.1, -0.05) is 11.6 Å². The molecule has 0 aliphatic carbocycles. The third-order valence-corrected chi connectivity index (χ3v) is 3.08. The largest absolute Gasteiger partial charge is 0.464 e. The number of fused-ring (bicyclic) bond motifs is 1. The van der Waals surface area contributed by atoms with Gasteiger partial charge in [0.2, 0.25) is 0 Å². The van der Waals surface area contributed by atoms with Crippen LogP contribution in [0, 0.1) is 0 Å². The molecule has 0 amide bonds. The zero-order chi connectivity index (χ0) is 13.3. The molecule has 4 nitrogen and oxygen atoms in total. The molecule has 0 N–H and O–H groups in total. The quantitative estimate of drug-likeness (QED) is 0.802. The van der Waals surface area contributed by atoms with Gasteiger partial charge in [0.1, 0.15) is 11.2 Å². The molecule has 0 aromatic carbocycles. The molecular formula is C13H15ClN2O2. The Morgan fingerprint density at radius 1 is 1.56 bits per heavy atom. The highest BCUT2D eigenvalue weighted by Crippen LogP contribution is 2.25. The fraction of sp³-hybridized carbons (Fsp3) is 0.385. The highest BCUT2D eigenvalue weighted by atomic mass is 35.5. The van der Waals surface area contributed by atoms with E-state index in [-0.39, 0.29) is 5.97 Å². The Kier molecular flexibility index (Phi) is 3.30. The fourth-order valence-corrected chi connectivity index (χ4v) is 2.02. The molecule has 2 rings (SSSR count). The molecule has 2 aromatic rings.